The van der Waals surface area contributed by atoms with Crippen molar-refractivity contribution < 1.29 is 9.53 Å². The zero-order valence-electron chi connectivity index (χ0n) is 14.1. The van der Waals surface area contributed by atoms with Crippen molar-refractivity contribution in [3.63, 3.8) is 0 Å². The van der Waals surface area contributed by atoms with E-state index in [1.54, 1.807) is 0 Å². The maximum absolute atomic E-state index is 12.5. The Hall–Kier alpha value is -1.85. The number of hydrogen-bond donors (Lipinski definition) is 0. The van der Waals surface area contributed by atoms with Gasteiger partial charge in [-0.2, -0.15) is 4.98 Å². The molecular formula is C17H26N4O2. The quantitative estimate of drug-likeness (QED) is 0.850. The number of nitrogens with zero attached hydrogens (tertiary/aromatic N) is 4. The predicted octanol–water partition coefficient (Wildman–Crippen LogP) is 2.02. The van der Waals surface area contributed by atoms with E-state index in [9.17, 15) is 4.79 Å². The van der Waals surface area contributed by atoms with Crippen LogP contribution in [0.2, 0.25) is 0 Å². The van der Waals surface area contributed by atoms with Crippen LogP contribution in [0.25, 0.3) is 0 Å². The lowest BCUT2D eigenvalue weighted by Gasteiger charge is -2.36. The minimum Gasteiger partial charge on any atom is -0.478 e. The van der Waals surface area contributed by atoms with E-state index in [0.717, 1.165) is 44.7 Å². The highest BCUT2D eigenvalue weighted by Gasteiger charge is 2.30. The van der Waals surface area contributed by atoms with E-state index < -0.39 is 0 Å². The highest BCUT2D eigenvalue weighted by atomic mass is 16.5. The maximum Gasteiger partial charge on any atom is 0.228 e. The number of carbonyl (C=O) groups excluding carboxylic acids is 1. The van der Waals surface area contributed by atoms with Crippen LogP contribution < -0.4 is 9.64 Å². The molecule has 23 heavy (non-hydrogen) atoms. The van der Waals surface area contributed by atoms with Gasteiger partial charge in [0.05, 0.1) is 6.61 Å². The summed E-state index contributed by atoms with van der Waals surface area (Å²) in [6.07, 6.45) is 4.54. The molecule has 1 saturated heterocycles. The van der Waals surface area contributed by atoms with Gasteiger partial charge >= 0.3 is 0 Å². The van der Waals surface area contributed by atoms with E-state index in [-0.39, 0.29) is 5.92 Å². The van der Waals surface area contributed by atoms with Gasteiger partial charge in [0, 0.05) is 43.9 Å². The summed E-state index contributed by atoms with van der Waals surface area (Å²) in [5.74, 6) is 1.95. The molecule has 0 spiro atoms. The SMILES string of the molecule is CCOc1cc(C)nc(N2CCN(C(=O)C3CCCC3)CC2)n1. The fraction of sp³-hybridized carbons (Fsp3) is 0.706. The van der Waals surface area contributed by atoms with Crippen LogP contribution in [0.3, 0.4) is 0 Å². The molecule has 1 aliphatic heterocycles. The molecule has 1 amide bonds. The zero-order valence-corrected chi connectivity index (χ0v) is 14.1. The van der Waals surface area contributed by atoms with E-state index >= 15 is 0 Å². The minimum absolute atomic E-state index is 0.265. The number of carbonyl (C=O) groups is 1. The molecule has 1 saturated carbocycles. The van der Waals surface area contributed by atoms with Crippen molar-refractivity contribution in [2.75, 3.05) is 37.7 Å². The van der Waals surface area contributed by atoms with Gasteiger partial charge in [-0.05, 0) is 26.7 Å². The molecule has 0 aromatic carbocycles. The van der Waals surface area contributed by atoms with E-state index in [2.05, 4.69) is 14.9 Å². The monoisotopic (exact) mass is 318 g/mol. The molecule has 0 unspecified atom stereocenters. The summed E-state index contributed by atoms with van der Waals surface area (Å²) >= 11 is 0. The molecule has 2 aliphatic rings. The van der Waals surface area contributed by atoms with Crippen LogP contribution in [0, 0.1) is 12.8 Å². The molecule has 1 aliphatic carbocycles. The number of piperazine rings is 1. The summed E-state index contributed by atoms with van der Waals surface area (Å²) in [4.78, 5) is 25.7. The molecule has 126 valence electrons. The predicted molar refractivity (Wildman–Crippen MR) is 88.7 cm³/mol. The minimum atomic E-state index is 0.265. The third-order valence-electron chi connectivity index (χ3n) is 4.69. The van der Waals surface area contributed by atoms with Gasteiger partial charge in [0.25, 0.3) is 0 Å². The van der Waals surface area contributed by atoms with E-state index in [1.165, 1.54) is 12.8 Å². The van der Waals surface area contributed by atoms with Crippen LogP contribution in [0.15, 0.2) is 6.07 Å². The molecule has 0 radical (unpaired) electrons. The van der Waals surface area contributed by atoms with Crippen molar-refractivity contribution in [1.29, 1.82) is 0 Å². The van der Waals surface area contributed by atoms with Crippen LogP contribution in [0.5, 0.6) is 5.88 Å². The zero-order chi connectivity index (χ0) is 16.2. The first-order valence-electron chi connectivity index (χ1n) is 8.69. The summed E-state index contributed by atoms with van der Waals surface area (Å²) in [7, 11) is 0. The van der Waals surface area contributed by atoms with Gasteiger partial charge < -0.3 is 14.5 Å². The second-order valence-electron chi connectivity index (χ2n) is 6.37. The largest absolute Gasteiger partial charge is 0.478 e. The molecule has 1 aromatic rings. The van der Waals surface area contributed by atoms with Crippen LogP contribution in [0.1, 0.15) is 38.3 Å². The standard InChI is InChI=1S/C17H26N4O2/c1-3-23-15-12-13(2)18-17(19-15)21-10-8-20(9-11-21)16(22)14-6-4-5-7-14/h12,14H,3-11H2,1-2H3. The molecule has 0 atom stereocenters. The molecule has 1 aromatic heterocycles. The lowest BCUT2D eigenvalue weighted by atomic mass is 10.1. The van der Waals surface area contributed by atoms with Gasteiger partial charge in [0.1, 0.15) is 0 Å². The Balaban J connectivity index is 1.61. The third-order valence-corrected chi connectivity index (χ3v) is 4.69. The first-order chi connectivity index (χ1) is 11.2. The fourth-order valence-corrected chi connectivity index (χ4v) is 3.45. The smallest absolute Gasteiger partial charge is 0.228 e. The summed E-state index contributed by atoms with van der Waals surface area (Å²) in [5.41, 5.74) is 0.905. The molecule has 0 bridgehead atoms. The van der Waals surface area contributed by atoms with E-state index in [0.29, 0.717) is 24.3 Å². The Labute approximate surface area is 137 Å². The van der Waals surface area contributed by atoms with Crippen molar-refractivity contribution in [2.45, 2.75) is 39.5 Å². The second-order valence-corrected chi connectivity index (χ2v) is 6.37. The number of hydrogen-bond acceptors (Lipinski definition) is 5. The normalized spacial score (nSPS) is 19.2. The van der Waals surface area contributed by atoms with Crippen LogP contribution in [0.4, 0.5) is 5.95 Å². The van der Waals surface area contributed by atoms with Crippen molar-refractivity contribution in [1.82, 2.24) is 14.9 Å². The lowest BCUT2D eigenvalue weighted by molar-refractivity contribution is -0.135. The fourth-order valence-electron chi connectivity index (χ4n) is 3.45. The molecule has 6 heteroatoms. The Morgan fingerprint density at radius 2 is 1.91 bits per heavy atom. The second kappa shape index (κ2) is 7.15. The molecule has 2 heterocycles. The summed E-state index contributed by atoms with van der Waals surface area (Å²) in [6, 6.07) is 1.85. The Kier molecular flexibility index (Phi) is 4.98. The van der Waals surface area contributed by atoms with Crippen molar-refractivity contribution >= 4 is 11.9 Å². The summed E-state index contributed by atoms with van der Waals surface area (Å²) in [6.45, 7) is 7.59. The number of aromatic nitrogens is 2. The van der Waals surface area contributed by atoms with Crippen molar-refractivity contribution in [3.8, 4) is 5.88 Å². The van der Waals surface area contributed by atoms with Gasteiger partial charge in [-0.3, -0.25) is 4.79 Å². The molecule has 6 nitrogen and oxygen atoms in total. The van der Waals surface area contributed by atoms with E-state index in [1.807, 2.05) is 24.8 Å². The van der Waals surface area contributed by atoms with Gasteiger partial charge in [-0.15, -0.1) is 0 Å². The first-order valence-corrected chi connectivity index (χ1v) is 8.69. The number of amides is 1. The van der Waals surface area contributed by atoms with Gasteiger partial charge in [0.2, 0.25) is 17.7 Å². The van der Waals surface area contributed by atoms with Crippen LogP contribution in [-0.4, -0.2) is 53.6 Å². The highest BCUT2D eigenvalue weighted by molar-refractivity contribution is 5.79. The van der Waals surface area contributed by atoms with Crippen LogP contribution in [-0.2, 0) is 4.79 Å². The Morgan fingerprint density at radius 3 is 2.57 bits per heavy atom. The molecule has 2 fully saturated rings. The maximum atomic E-state index is 12.5. The Morgan fingerprint density at radius 1 is 1.22 bits per heavy atom. The Bertz CT molecular complexity index is 550. The van der Waals surface area contributed by atoms with Crippen molar-refractivity contribution in [2.24, 2.45) is 5.92 Å². The average Bonchev–Trinajstić information content (AvgIpc) is 3.08. The third kappa shape index (κ3) is 3.74. The topological polar surface area (TPSA) is 58.6 Å². The number of anilines is 1. The van der Waals surface area contributed by atoms with Gasteiger partial charge in [-0.25, -0.2) is 4.98 Å². The molecule has 0 N–H and O–H groups in total. The number of aryl methyl sites for hydroxylation is 1. The summed E-state index contributed by atoms with van der Waals surface area (Å²) < 4.78 is 5.50. The van der Waals surface area contributed by atoms with E-state index in [4.69, 9.17) is 4.74 Å². The summed E-state index contributed by atoms with van der Waals surface area (Å²) in [5, 5.41) is 0. The number of rotatable bonds is 4. The average molecular weight is 318 g/mol. The van der Waals surface area contributed by atoms with Gasteiger partial charge in [0.15, 0.2) is 0 Å². The van der Waals surface area contributed by atoms with Crippen LogP contribution >= 0.6 is 0 Å². The first kappa shape index (κ1) is 16.0. The molecular weight excluding hydrogens is 292 g/mol. The highest BCUT2D eigenvalue weighted by Crippen LogP contribution is 2.27. The molecule has 3 rings (SSSR count). The number of ether oxygens (including phenoxy) is 1. The van der Waals surface area contributed by atoms with Crippen molar-refractivity contribution in [3.05, 3.63) is 11.8 Å². The lowest BCUT2D eigenvalue weighted by Crippen LogP contribution is -2.50. The van der Waals surface area contributed by atoms with Gasteiger partial charge in [-0.1, -0.05) is 12.8 Å².